The van der Waals surface area contributed by atoms with Crippen LogP contribution in [-0.4, -0.2) is 25.2 Å². The quantitative estimate of drug-likeness (QED) is 0.503. The predicted molar refractivity (Wildman–Crippen MR) is 120 cm³/mol. The SMILES string of the molecule is Cn1nc(-c2ccccc2)c2c1OC(N)=C(C#N)C2c1ccc(-n2ccnc2C(N)=O)cc1. The maximum Gasteiger partial charge on any atom is 0.285 e. The molecule has 5 rings (SSSR count). The molecule has 4 N–H and O–H groups in total. The molecule has 0 bridgehead atoms. The van der Waals surface area contributed by atoms with Gasteiger partial charge in [0.25, 0.3) is 5.91 Å². The molecule has 1 unspecified atom stereocenters. The molecule has 1 atom stereocenters. The van der Waals surface area contributed by atoms with Gasteiger partial charge in [0.2, 0.25) is 17.6 Å². The van der Waals surface area contributed by atoms with Crippen LogP contribution < -0.4 is 16.2 Å². The van der Waals surface area contributed by atoms with E-state index in [2.05, 4.69) is 16.2 Å². The smallest absolute Gasteiger partial charge is 0.285 e. The zero-order valence-electron chi connectivity index (χ0n) is 17.6. The fourth-order valence-electron chi connectivity index (χ4n) is 4.14. The second kappa shape index (κ2) is 7.69. The molecular weight excluding hydrogens is 418 g/mol. The number of imidazole rings is 1. The first-order valence-electron chi connectivity index (χ1n) is 10.1. The van der Waals surface area contributed by atoms with E-state index in [1.165, 1.54) is 6.20 Å². The van der Waals surface area contributed by atoms with Crippen LogP contribution in [-0.2, 0) is 7.05 Å². The lowest BCUT2D eigenvalue weighted by atomic mass is 9.83. The van der Waals surface area contributed by atoms with E-state index in [0.29, 0.717) is 22.8 Å². The van der Waals surface area contributed by atoms with Crippen LogP contribution in [0.2, 0.25) is 0 Å². The highest BCUT2D eigenvalue weighted by molar-refractivity contribution is 5.89. The van der Waals surface area contributed by atoms with E-state index in [1.54, 1.807) is 22.5 Å². The zero-order chi connectivity index (χ0) is 23.1. The lowest BCUT2D eigenvalue weighted by Crippen LogP contribution is -2.22. The number of carbonyl (C=O) groups excluding carboxylic acids is 1. The van der Waals surface area contributed by atoms with Crippen molar-refractivity contribution in [2.75, 3.05) is 0 Å². The van der Waals surface area contributed by atoms with Crippen LogP contribution in [0.5, 0.6) is 5.88 Å². The number of carbonyl (C=O) groups is 1. The van der Waals surface area contributed by atoms with Gasteiger partial charge in [-0.15, -0.1) is 0 Å². The molecule has 2 aromatic heterocycles. The molecule has 1 aliphatic heterocycles. The van der Waals surface area contributed by atoms with Crippen molar-refractivity contribution in [3.8, 4) is 28.9 Å². The Kier molecular flexibility index (Phi) is 4.68. The third kappa shape index (κ3) is 3.21. The standard InChI is InChI=1S/C24H19N7O2/c1-30-24-19(20(29-30)15-5-3-2-4-6-15)18(17(13-25)22(27)33-24)14-7-9-16(10-8-14)31-12-11-28-23(31)21(26)32/h2-12,18H,27H2,1H3,(H2,26,32). The van der Waals surface area contributed by atoms with Crippen LogP contribution in [0, 0.1) is 11.3 Å². The van der Waals surface area contributed by atoms with E-state index < -0.39 is 11.8 Å². The molecule has 0 saturated heterocycles. The maximum absolute atomic E-state index is 11.7. The number of amides is 1. The Bertz CT molecular complexity index is 1440. The number of hydrogen-bond donors (Lipinski definition) is 2. The first kappa shape index (κ1) is 20.1. The van der Waals surface area contributed by atoms with Crippen LogP contribution in [0.4, 0.5) is 0 Å². The predicted octanol–water partition coefficient (Wildman–Crippen LogP) is 2.59. The summed E-state index contributed by atoms with van der Waals surface area (Å²) < 4.78 is 9.05. The molecule has 33 heavy (non-hydrogen) atoms. The van der Waals surface area contributed by atoms with Gasteiger partial charge < -0.3 is 16.2 Å². The summed E-state index contributed by atoms with van der Waals surface area (Å²) >= 11 is 0. The van der Waals surface area contributed by atoms with Crippen molar-refractivity contribution in [3.63, 3.8) is 0 Å². The van der Waals surface area contributed by atoms with Gasteiger partial charge in [0, 0.05) is 30.7 Å². The number of fused-ring (bicyclic) bond motifs is 1. The number of allylic oxidation sites excluding steroid dienone is 1. The van der Waals surface area contributed by atoms with Crippen LogP contribution in [0.1, 0.15) is 27.7 Å². The first-order chi connectivity index (χ1) is 16.0. The van der Waals surface area contributed by atoms with Gasteiger partial charge in [-0.2, -0.15) is 10.4 Å². The van der Waals surface area contributed by atoms with Crippen molar-refractivity contribution >= 4 is 5.91 Å². The summed E-state index contributed by atoms with van der Waals surface area (Å²) in [5.41, 5.74) is 15.8. The number of benzene rings is 2. The lowest BCUT2D eigenvalue weighted by Gasteiger charge is -2.25. The van der Waals surface area contributed by atoms with Crippen molar-refractivity contribution in [1.29, 1.82) is 5.26 Å². The number of aromatic nitrogens is 4. The fourth-order valence-corrected chi connectivity index (χ4v) is 4.14. The summed E-state index contributed by atoms with van der Waals surface area (Å²) in [6.07, 6.45) is 3.17. The molecule has 0 fully saturated rings. The minimum absolute atomic E-state index is 0.0484. The molecule has 4 aromatic rings. The number of rotatable bonds is 4. The van der Waals surface area contributed by atoms with E-state index >= 15 is 0 Å². The van der Waals surface area contributed by atoms with Gasteiger partial charge in [0.1, 0.15) is 17.3 Å². The summed E-state index contributed by atoms with van der Waals surface area (Å²) in [6, 6.07) is 19.4. The second-order valence-corrected chi connectivity index (χ2v) is 7.56. The van der Waals surface area contributed by atoms with E-state index in [4.69, 9.17) is 16.2 Å². The van der Waals surface area contributed by atoms with Crippen LogP contribution in [0.15, 0.2) is 78.4 Å². The average molecular weight is 437 g/mol. The minimum atomic E-state index is -0.622. The van der Waals surface area contributed by atoms with Crippen molar-refractivity contribution in [1.82, 2.24) is 19.3 Å². The molecule has 0 saturated carbocycles. The first-order valence-corrected chi connectivity index (χ1v) is 10.1. The van der Waals surface area contributed by atoms with E-state index in [9.17, 15) is 10.1 Å². The Morgan fingerprint density at radius 3 is 2.55 bits per heavy atom. The number of hydrogen-bond acceptors (Lipinski definition) is 6. The van der Waals surface area contributed by atoms with Gasteiger partial charge in [-0.3, -0.25) is 9.36 Å². The Labute approximate surface area is 189 Å². The molecule has 9 nitrogen and oxygen atoms in total. The minimum Gasteiger partial charge on any atom is -0.422 e. The monoisotopic (exact) mass is 437 g/mol. The maximum atomic E-state index is 11.7. The molecule has 0 aliphatic carbocycles. The van der Waals surface area contributed by atoms with Gasteiger partial charge in [0.05, 0.1) is 11.5 Å². The summed E-state index contributed by atoms with van der Waals surface area (Å²) in [4.78, 5) is 15.7. The molecule has 9 heteroatoms. The van der Waals surface area contributed by atoms with Gasteiger partial charge in [-0.05, 0) is 17.7 Å². The summed E-state index contributed by atoms with van der Waals surface area (Å²) in [6.45, 7) is 0. The molecule has 0 radical (unpaired) electrons. The molecule has 162 valence electrons. The van der Waals surface area contributed by atoms with Crippen molar-refractivity contribution in [2.24, 2.45) is 18.5 Å². The topological polar surface area (TPSA) is 138 Å². The van der Waals surface area contributed by atoms with Gasteiger partial charge >= 0.3 is 0 Å². The van der Waals surface area contributed by atoms with E-state index in [0.717, 1.165) is 16.7 Å². The lowest BCUT2D eigenvalue weighted by molar-refractivity contribution is 0.0989. The summed E-state index contributed by atoms with van der Waals surface area (Å²) in [5, 5.41) is 14.6. The van der Waals surface area contributed by atoms with Crippen LogP contribution in [0.3, 0.4) is 0 Å². The van der Waals surface area contributed by atoms with E-state index in [1.807, 2.05) is 54.6 Å². The highest BCUT2D eigenvalue weighted by atomic mass is 16.5. The molecule has 3 heterocycles. The third-order valence-electron chi connectivity index (χ3n) is 5.61. The molecule has 2 aromatic carbocycles. The highest BCUT2D eigenvalue weighted by Crippen LogP contribution is 2.46. The van der Waals surface area contributed by atoms with Gasteiger partial charge in [0.15, 0.2) is 0 Å². The number of nitriles is 1. The van der Waals surface area contributed by atoms with Crippen LogP contribution >= 0.6 is 0 Å². The van der Waals surface area contributed by atoms with Crippen molar-refractivity contribution < 1.29 is 9.53 Å². The molecule has 1 amide bonds. The molecule has 0 spiro atoms. The number of primary amides is 1. The number of nitrogens with two attached hydrogens (primary N) is 2. The third-order valence-corrected chi connectivity index (χ3v) is 5.61. The summed E-state index contributed by atoms with van der Waals surface area (Å²) in [7, 11) is 1.78. The Hall–Kier alpha value is -4.84. The number of ether oxygens (including phenoxy) is 1. The van der Waals surface area contributed by atoms with Gasteiger partial charge in [-0.1, -0.05) is 42.5 Å². The Morgan fingerprint density at radius 1 is 1.15 bits per heavy atom. The normalized spacial score (nSPS) is 15.0. The highest BCUT2D eigenvalue weighted by Gasteiger charge is 2.36. The van der Waals surface area contributed by atoms with E-state index in [-0.39, 0.29) is 11.7 Å². The summed E-state index contributed by atoms with van der Waals surface area (Å²) in [5.74, 6) is -0.424. The zero-order valence-corrected chi connectivity index (χ0v) is 17.6. The van der Waals surface area contributed by atoms with Crippen LogP contribution in [0.25, 0.3) is 16.9 Å². The second-order valence-electron chi connectivity index (χ2n) is 7.56. The van der Waals surface area contributed by atoms with Gasteiger partial charge in [-0.25, -0.2) is 9.67 Å². The molecule has 1 aliphatic rings. The number of aryl methyl sites for hydroxylation is 1. The fraction of sp³-hybridized carbons (Fsp3) is 0.0833. The number of nitrogens with zero attached hydrogens (tertiary/aromatic N) is 5. The Balaban J connectivity index is 1.66. The van der Waals surface area contributed by atoms with Crippen molar-refractivity contribution in [3.05, 3.63) is 95.4 Å². The van der Waals surface area contributed by atoms with Crippen molar-refractivity contribution in [2.45, 2.75) is 5.92 Å². The Morgan fingerprint density at radius 2 is 1.88 bits per heavy atom. The molecular formula is C24H19N7O2. The largest absolute Gasteiger partial charge is 0.422 e. The average Bonchev–Trinajstić information content (AvgIpc) is 3.44.